The SMILES string of the molecule is CCC(=O)N(C)CC[NH-]. The van der Waals surface area contributed by atoms with Crippen LogP contribution >= 0.6 is 0 Å². The van der Waals surface area contributed by atoms with Crippen molar-refractivity contribution in [3.63, 3.8) is 0 Å². The van der Waals surface area contributed by atoms with Gasteiger partial charge in [-0.15, -0.1) is 6.54 Å². The molecule has 0 spiro atoms. The number of rotatable bonds is 3. The molecule has 0 radical (unpaired) electrons. The lowest BCUT2D eigenvalue weighted by atomic mass is 10.4. The largest absolute Gasteiger partial charge is 0.676 e. The van der Waals surface area contributed by atoms with E-state index in [2.05, 4.69) is 0 Å². The number of hydrogen-bond acceptors (Lipinski definition) is 1. The minimum atomic E-state index is 0.113. The number of hydrogen-bond donors (Lipinski definition) is 0. The molecule has 1 amide bonds. The summed E-state index contributed by atoms with van der Waals surface area (Å²) in [5.41, 5.74) is 6.81. The summed E-state index contributed by atoms with van der Waals surface area (Å²) in [5, 5.41) is 0. The van der Waals surface area contributed by atoms with Crippen LogP contribution in [-0.4, -0.2) is 30.9 Å². The van der Waals surface area contributed by atoms with Crippen LogP contribution < -0.4 is 0 Å². The molecule has 0 atom stereocenters. The van der Waals surface area contributed by atoms with E-state index in [-0.39, 0.29) is 5.91 Å². The summed E-state index contributed by atoms with van der Waals surface area (Å²) in [6, 6.07) is 0. The number of nitrogens with one attached hydrogen (secondary N) is 1. The zero-order chi connectivity index (χ0) is 7.28. The molecule has 0 aromatic heterocycles. The van der Waals surface area contributed by atoms with Crippen molar-refractivity contribution in [1.29, 1.82) is 0 Å². The van der Waals surface area contributed by atoms with Crippen LogP contribution in [0.15, 0.2) is 0 Å². The average molecular weight is 129 g/mol. The van der Waals surface area contributed by atoms with Crippen LogP contribution in [0.4, 0.5) is 0 Å². The summed E-state index contributed by atoms with van der Waals surface area (Å²) in [7, 11) is 1.72. The molecule has 0 saturated heterocycles. The maximum Gasteiger partial charge on any atom is 0.221 e. The third-order valence-electron chi connectivity index (χ3n) is 1.18. The van der Waals surface area contributed by atoms with E-state index >= 15 is 0 Å². The Labute approximate surface area is 55.8 Å². The van der Waals surface area contributed by atoms with Gasteiger partial charge in [0.1, 0.15) is 0 Å². The van der Waals surface area contributed by atoms with E-state index in [1.165, 1.54) is 0 Å². The normalized spacial score (nSPS) is 9.22. The van der Waals surface area contributed by atoms with Crippen molar-refractivity contribution in [1.82, 2.24) is 4.90 Å². The molecule has 54 valence electrons. The van der Waals surface area contributed by atoms with Gasteiger partial charge in [0.05, 0.1) is 0 Å². The molecule has 0 aliphatic heterocycles. The van der Waals surface area contributed by atoms with Gasteiger partial charge in [-0.25, -0.2) is 0 Å². The van der Waals surface area contributed by atoms with E-state index in [1.54, 1.807) is 11.9 Å². The Morgan fingerprint density at radius 1 is 1.67 bits per heavy atom. The van der Waals surface area contributed by atoms with Crippen molar-refractivity contribution in [2.45, 2.75) is 13.3 Å². The molecule has 0 aliphatic rings. The standard InChI is InChI=1S/C6H13N2O/c1-3-6(9)8(2)5-4-7/h7H,3-5H2,1-2H3/q-1. The lowest BCUT2D eigenvalue weighted by Gasteiger charge is -2.16. The van der Waals surface area contributed by atoms with Gasteiger partial charge < -0.3 is 10.6 Å². The summed E-state index contributed by atoms with van der Waals surface area (Å²) in [5.74, 6) is 0.113. The smallest absolute Gasteiger partial charge is 0.221 e. The molecule has 3 heteroatoms. The van der Waals surface area contributed by atoms with Crippen LogP contribution in [0.3, 0.4) is 0 Å². The van der Waals surface area contributed by atoms with Crippen molar-refractivity contribution >= 4 is 5.91 Å². The molecule has 0 fully saturated rings. The Balaban J connectivity index is 3.45. The minimum Gasteiger partial charge on any atom is -0.676 e. The fourth-order valence-electron chi connectivity index (χ4n) is 0.562. The first kappa shape index (κ1) is 8.43. The van der Waals surface area contributed by atoms with Crippen LogP contribution in [0.5, 0.6) is 0 Å². The number of amides is 1. The first-order valence-corrected chi connectivity index (χ1v) is 3.11. The molecule has 0 aromatic carbocycles. The summed E-state index contributed by atoms with van der Waals surface area (Å²) < 4.78 is 0. The van der Waals surface area contributed by atoms with E-state index in [4.69, 9.17) is 5.73 Å². The van der Waals surface area contributed by atoms with Gasteiger partial charge in [-0.2, -0.15) is 0 Å². The molecule has 0 rings (SSSR count). The van der Waals surface area contributed by atoms with Crippen molar-refractivity contribution in [2.24, 2.45) is 0 Å². The third kappa shape index (κ3) is 3.08. The van der Waals surface area contributed by atoms with E-state index in [0.29, 0.717) is 19.5 Å². The number of carbonyl (C=O) groups is 1. The van der Waals surface area contributed by atoms with Gasteiger partial charge in [-0.05, 0) is 0 Å². The topological polar surface area (TPSA) is 44.1 Å². The summed E-state index contributed by atoms with van der Waals surface area (Å²) >= 11 is 0. The predicted octanol–water partition coefficient (Wildman–Crippen LogP) is 0.907. The van der Waals surface area contributed by atoms with Gasteiger partial charge in [0.25, 0.3) is 0 Å². The zero-order valence-corrected chi connectivity index (χ0v) is 5.98. The number of carbonyl (C=O) groups excluding carboxylic acids is 1. The van der Waals surface area contributed by atoms with Crippen LogP contribution in [0.1, 0.15) is 13.3 Å². The summed E-state index contributed by atoms with van der Waals surface area (Å²) in [4.78, 5) is 12.3. The first-order valence-electron chi connectivity index (χ1n) is 3.11. The highest BCUT2D eigenvalue weighted by Crippen LogP contribution is 1.87. The maximum atomic E-state index is 10.7. The molecular formula is C6H13N2O-. The van der Waals surface area contributed by atoms with Gasteiger partial charge >= 0.3 is 0 Å². The van der Waals surface area contributed by atoms with Crippen LogP contribution in [0.25, 0.3) is 5.73 Å². The Hall–Kier alpha value is -0.570. The lowest BCUT2D eigenvalue weighted by Crippen LogP contribution is -2.27. The average Bonchev–Trinajstić information content (AvgIpc) is 1.87. The third-order valence-corrected chi connectivity index (χ3v) is 1.18. The highest BCUT2D eigenvalue weighted by molar-refractivity contribution is 5.75. The number of likely N-dealkylation sites (N-methyl/N-ethyl adjacent to an activating group) is 1. The molecule has 1 N–H and O–H groups in total. The van der Waals surface area contributed by atoms with Gasteiger partial charge in [0.2, 0.25) is 5.91 Å². The molecule has 0 aromatic rings. The monoisotopic (exact) mass is 129 g/mol. The van der Waals surface area contributed by atoms with Gasteiger partial charge in [-0.3, -0.25) is 4.79 Å². The molecule has 0 aliphatic carbocycles. The minimum absolute atomic E-state index is 0.113. The van der Waals surface area contributed by atoms with Gasteiger partial charge in [0, 0.05) is 20.0 Å². The van der Waals surface area contributed by atoms with Crippen LogP contribution in [0, 0.1) is 0 Å². The van der Waals surface area contributed by atoms with E-state index < -0.39 is 0 Å². The molecule has 0 unspecified atom stereocenters. The molecule has 9 heavy (non-hydrogen) atoms. The Morgan fingerprint density at radius 3 is 2.56 bits per heavy atom. The number of nitrogens with zero attached hydrogens (tertiary/aromatic N) is 1. The zero-order valence-electron chi connectivity index (χ0n) is 5.98. The Morgan fingerprint density at radius 2 is 2.22 bits per heavy atom. The molecule has 0 saturated carbocycles. The first-order chi connectivity index (χ1) is 4.22. The summed E-state index contributed by atoms with van der Waals surface area (Å²) in [6.07, 6.45) is 0.538. The van der Waals surface area contributed by atoms with Gasteiger partial charge in [-0.1, -0.05) is 6.92 Å². The predicted molar refractivity (Wildman–Crippen MR) is 37.1 cm³/mol. The van der Waals surface area contributed by atoms with E-state index in [0.717, 1.165) is 0 Å². The van der Waals surface area contributed by atoms with Crippen LogP contribution in [0.2, 0.25) is 0 Å². The molecule has 0 bridgehead atoms. The summed E-state index contributed by atoms with van der Waals surface area (Å²) in [6.45, 7) is 2.66. The fraction of sp³-hybridized carbons (Fsp3) is 0.833. The second kappa shape index (κ2) is 4.32. The van der Waals surface area contributed by atoms with Crippen LogP contribution in [-0.2, 0) is 4.79 Å². The Bertz CT molecular complexity index is 93.1. The molecule has 3 nitrogen and oxygen atoms in total. The highest BCUT2D eigenvalue weighted by Gasteiger charge is 2.00. The highest BCUT2D eigenvalue weighted by atomic mass is 16.2. The fourth-order valence-corrected chi connectivity index (χ4v) is 0.562. The second-order valence-corrected chi connectivity index (χ2v) is 1.92. The Kier molecular flexibility index (Phi) is 4.05. The second-order valence-electron chi connectivity index (χ2n) is 1.92. The van der Waals surface area contributed by atoms with Gasteiger partial charge in [0.15, 0.2) is 0 Å². The quantitative estimate of drug-likeness (QED) is 0.558. The van der Waals surface area contributed by atoms with E-state index in [1.807, 2.05) is 6.92 Å². The van der Waals surface area contributed by atoms with E-state index in [9.17, 15) is 4.79 Å². The molecule has 0 heterocycles. The lowest BCUT2D eigenvalue weighted by molar-refractivity contribution is -0.129. The molecular weight excluding hydrogens is 116 g/mol. The van der Waals surface area contributed by atoms with Crippen molar-refractivity contribution in [3.05, 3.63) is 5.73 Å². The van der Waals surface area contributed by atoms with Crippen molar-refractivity contribution in [2.75, 3.05) is 20.1 Å². The van der Waals surface area contributed by atoms with Crippen molar-refractivity contribution in [3.8, 4) is 0 Å². The van der Waals surface area contributed by atoms with Crippen molar-refractivity contribution < 1.29 is 4.79 Å². The maximum absolute atomic E-state index is 10.7.